The molecular weight excluding hydrogens is 419 g/mol. The Morgan fingerprint density at radius 2 is 1.81 bits per heavy atom. The summed E-state index contributed by atoms with van der Waals surface area (Å²) in [6, 6.07) is 18.8. The third-order valence-electron chi connectivity index (χ3n) is 6.35. The van der Waals surface area contributed by atoms with Crippen LogP contribution in [0, 0.1) is 12.7 Å². The van der Waals surface area contributed by atoms with Crippen LogP contribution in [-0.2, 0) is 11.2 Å². The van der Waals surface area contributed by atoms with Crippen LogP contribution < -0.4 is 10.2 Å². The number of benzene rings is 2. The molecule has 1 N–H and O–H groups in total. The van der Waals surface area contributed by atoms with Crippen LogP contribution in [0.5, 0.6) is 0 Å². The van der Waals surface area contributed by atoms with Crippen molar-refractivity contribution in [2.24, 2.45) is 0 Å². The molecule has 1 fully saturated rings. The Labute approximate surface area is 194 Å². The van der Waals surface area contributed by atoms with E-state index in [2.05, 4.69) is 24.4 Å². The average molecular weight is 451 g/mol. The fourth-order valence-corrected chi connectivity index (χ4v) is 5.35. The van der Waals surface area contributed by atoms with Crippen molar-refractivity contribution in [2.45, 2.75) is 57.5 Å². The fourth-order valence-electron chi connectivity index (χ4n) is 4.66. The van der Waals surface area contributed by atoms with Crippen molar-refractivity contribution in [3.05, 3.63) is 87.9 Å². The number of hydrogen-bond acceptors (Lipinski definition) is 3. The minimum absolute atomic E-state index is 0.0868. The van der Waals surface area contributed by atoms with Crippen molar-refractivity contribution >= 4 is 22.9 Å². The number of halogens is 1. The summed E-state index contributed by atoms with van der Waals surface area (Å²) in [5, 5.41) is 5.69. The van der Waals surface area contributed by atoms with Crippen LogP contribution in [0.3, 0.4) is 0 Å². The van der Waals surface area contributed by atoms with Gasteiger partial charge in [-0.2, -0.15) is 0 Å². The Bertz CT molecular complexity index is 1010. The number of aryl methyl sites for hydroxylation is 1. The number of amides is 1. The molecule has 1 saturated carbocycles. The smallest absolute Gasteiger partial charge is 0.232 e. The number of hydrogen-bond donors (Lipinski definition) is 1. The summed E-state index contributed by atoms with van der Waals surface area (Å²) in [7, 11) is 0. The summed E-state index contributed by atoms with van der Waals surface area (Å²) in [5.41, 5.74) is 2.50. The SMILES string of the molecule is Cc1ccccc1C(CNC1CCCCC1)N(C(=O)Cc1cccs1)c1ccccc1F. The van der Waals surface area contributed by atoms with Crippen LogP contribution >= 0.6 is 11.3 Å². The summed E-state index contributed by atoms with van der Waals surface area (Å²) in [5.74, 6) is -0.459. The number of thiophene rings is 1. The number of nitrogens with zero attached hydrogens (tertiary/aromatic N) is 1. The van der Waals surface area contributed by atoms with Crippen LogP contribution in [0.25, 0.3) is 0 Å². The first-order chi connectivity index (χ1) is 15.6. The maximum Gasteiger partial charge on any atom is 0.232 e. The highest BCUT2D eigenvalue weighted by Gasteiger charge is 2.30. The first-order valence-electron chi connectivity index (χ1n) is 11.5. The molecule has 1 aliphatic carbocycles. The van der Waals surface area contributed by atoms with Crippen LogP contribution in [-0.4, -0.2) is 18.5 Å². The van der Waals surface area contributed by atoms with Gasteiger partial charge in [0.1, 0.15) is 5.82 Å². The number of nitrogens with one attached hydrogen (secondary N) is 1. The number of carbonyl (C=O) groups is 1. The minimum Gasteiger partial charge on any atom is -0.312 e. The van der Waals surface area contributed by atoms with E-state index in [-0.39, 0.29) is 24.2 Å². The van der Waals surface area contributed by atoms with E-state index in [1.807, 2.05) is 29.6 Å². The predicted molar refractivity (Wildman–Crippen MR) is 131 cm³/mol. The molecule has 1 unspecified atom stereocenters. The number of rotatable bonds is 8. The van der Waals surface area contributed by atoms with E-state index in [1.54, 1.807) is 34.4 Å². The van der Waals surface area contributed by atoms with E-state index >= 15 is 4.39 Å². The zero-order valence-electron chi connectivity index (χ0n) is 18.6. The molecular formula is C27H31FN2OS. The second-order valence-electron chi connectivity index (χ2n) is 8.59. The molecule has 4 rings (SSSR count). The molecule has 0 radical (unpaired) electrons. The lowest BCUT2D eigenvalue weighted by molar-refractivity contribution is -0.118. The van der Waals surface area contributed by atoms with Gasteiger partial charge in [0.15, 0.2) is 0 Å². The molecule has 32 heavy (non-hydrogen) atoms. The molecule has 2 aromatic carbocycles. The molecule has 1 aromatic heterocycles. The van der Waals surface area contributed by atoms with E-state index < -0.39 is 0 Å². The second-order valence-corrected chi connectivity index (χ2v) is 9.62. The van der Waals surface area contributed by atoms with E-state index in [1.165, 1.54) is 25.3 Å². The van der Waals surface area contributed by atoms with Crippen LogP contribution in [0.2, 0.25) is 0 Å². The van der Waals surface area contributed by atoms with Gasteiger partial charge in [-0.3, -0.25) is 4.79 Å². The van der Waals surface area contributed by atoms with E-state index in [0.717, 1.165) is 28.8 Å². The van der Waals surface area contributed by atoms with Gasteiger partial charge in [0, 0.05) is 17.5 Å². The lowest BCUT2D eigenvalue weighted by Gasteiger charge is -2.35. The van der Waals surface area contributed by atoms with Crippen molar-refractivity contribution in [3.63, 3.8) is 0 Å². The van der Waals surface area contributed by atoms with Crippen molar-refractivity contribution in [1.29, 1.82) is 0 Å². The van der Waals surface area contributed by atoms with E-state index in [4.69, 9.17) is 0 Å². The van der Waals surface area contributed by atoms with Crippen molar-refractivity contribution in [2.75, 3.05) is 11.4 Å². The Hall–Kier alpha value is -2.50. The lowest BCUT2D eigenvalue weighted by Crippen LogP contribution is -2.44. The highest BCUT2D eigenvalue weighted by molar-refractivity contribution is 7.10. The van der Waals surface area contributed by atoms with E-state index in [0.29, 0.717) is 18.3 Å². The Balaban J connectivity index is 1.71. The zero-order chi connectivity index (χ0) is 22.3. The average Bonchev–Trinajstić information content (AvgIpc) is 3.32. The molecule has 1 atom stereocenters. The predicted octanol–water partition coefficient (Wildman–Crippen LogP) is 6.43. The third kappa shape index (κ3) is 5.45. The molecule has 0 spiro atoms. The molecule has 5 heteroatoms. The molecule has 0 aliphatic heterocycles. The summed E-state index contributed by atoms with van der Waals surface area (Å²) in [4.78, 5) is 16.4. The minimum atomic E-state index is -0.372. The quantitative estimate of drug-likeness (QED) is 0.429. The molecule has 1 heterocycles. The zero-order valence-corrected chi connectivity index (χ0v) is 19.4. The van der Waals surface area contributed by atoms with Crippen molar-refractivity contribution in [1.82, 2.24) is 5.32 Å². The van der Waals surface area contributed by atoms with Gasteiger partial charge in [-0.05, 0) is 54.5 Å². The number of anilines is 1. The molecule has 1 aliphatic rings. The van der Waals surface area contributed by atoms with Crippen molar-refractivity contribution < 1.29 is 9.18 Å². The van der Waals surface area contributed by atoms with Gasteiger partial charge in [-0.25, -0.2) is 4.39 Å². The molecule has 0 bridgehead atoms. The standard InChI is InChI=1S/C27H31FN2OS/c1-20-10-5-6-14-23(20)26(19-29-21-11-3-2-4-12-21)30(25-16-8-7-15-24(25)28)27(31)18-22-13-9-17-32-22/h5-10,13-17,21,26,29H,2-4,11-12,18-19H2,1H3. The molecule has 1 amide bonds. The van der Waals surface area contributed by atoms with Gasteiger partial charge >= 0.3 is 0 Å². The summed E-state index contributed by atoms with van der Waals surface area (Å²) in [6.45, 7) is 2.66. The van der Waals surface area contributed by atoms with Gasteiger partial charge in [0.25, 0.3) is 0 Å². The molecule has 3 aromatic rings. The number of carbonyl (C=O) groups excluding carboxylic acids is 1. The maximum absolute atomic E-state index is 15.0. The fraction of sp³-hybridized carbons (Fsp3) is 0.370. The summed E-state index contributed by atoms with van der Waals surface area (Å²) < 4.78 is 15.0. The van der Waals surface area contributed by atoms with Crippen LogP contribution in [0.4, 0.5) is 10.1 Å². The van der Waals surface area contributed by atoms with Gasteiger partial charge in [-0.1, -0.05) is 61.7 Å². The van der Waals surface area contributed by atoms with Crippen LogP contribution in [0.15, 0.2) is 66.0 Å². The lowest BCUT2D eigenvalue weighted by atomic mass is 9.94. The second kappa shape index (κ2) is 10.9. The van der Waals surface area contributed by atoms with Gasteiger partial charge in [-0.15, -0.1) is 11.3 Å². The highest BCUT2D eigenvalue weighted by atomic mass is 32.1. The molecule has 168 valence electrons. The first kappa shape index (κ1) is 22.7. The summed E-state index contributed by atoms with van der Waals surface area (Å²) in [6.07, 6.45) is 6.34. The van der Waals surface area contributed by atoms with Gasteiger partial charge in [0.2, 0.25) is 5.91 Å². The molecule has 0 saturated heterocycles. The Kier molecular flexibility index (Phi) is 7.72. The van der Waals surface area contributed by atoms with Crippen LogP contribution in [0.1, 0.15) is 54.1 Å². The van der Waals surface area contributed by atoms with Crippen molar-refractivity contribution in [3.8, 4) is 0 Å². The number of para-hydroxylation sites is 1. The molecule has 3 nitrogen and oxygen atoms in total. The third-order valence-corrected chi connectivity index (χ3v) is 7.23. The topological polar surface area (TPSA) is 32.3 Å². The summed E-state index contributed by atoms with van der Waals surface area (Å²) >= 11 is 1.56. The monoisotopic (exact) mass is 450 g/mol. The Morgan fingerprint density at radius 1 is 1.06 bits per heavy atom. The first-order valence-corrected chi connectivity index (χ1v) is 12.4. The van der Waals surface area contributed by atoms with Gasteiger partial charge < -0.3 is 10.2 Å². The largest absolute Gasteiger partial charge is 0.312 e. The van der Waals surface area contributed by atoms with Gasteiger partial charge in [0.05, 0.1) is 18.2 Å². The maximum atomic E-state index is 15.0. The Morgan fingerprint density at radius 3 is 2.53 bits per heavy atom. The van der Waals surface area contributed by atoms with E-state index in [9.17, 15) is 4.79 Å². The normalized spacial score (nSPS) is 15.4. The highest BCUT2D eigenvalue weighted by Crippen LogP contribution is 2.32.